The third kappa shape index (κ3) is 1.69. The molecule has 0 bridgehead atoms. The summed E-state index contributed by atoms with van der Waals surface area (Å²) in [6.45, 7) is 6.99. The predicted molar refractivity (Wildman–Crippen MR) is 72.9 cm³/mol. The lowest BCUT2D eigenvalue weighted by atomic mass is 10.3. The number of rotatable bonds is 4. The standard InChI is InChI=1S/C13H20N2Si/c1-4-16(5-2,6-3)12-10-11-8-7-9-14-13(11)15-12/h7-10H,4-6H2,1-3H3,(H,14,15). The van der Waals surface area contributed by atoms with Crippen LogP contribution < -0.4 is 5.32 Å². The molecule has 2 rings (SSSR count). The Morgan fingerprint density at radius 3 is 2.44 bits per heavy atom. The number of nitrogens with one attached hydrogen (secondary N) is 1. The van der Waals surface area contributed by atoms with Crippen molar-refractivity contribution in [1.29, 1.82) is 0 Å². The summed E-state index contributed by atoms with van der Waals surface area (Å²) in [5.41, 5.74) is 1.05. The molecule has 16 heavy (non-hydrogen) atoms. The van der Waals surface area contributed by atoms with Crippen LogP contribution in [-0.2, 0) is 0 Å². The number of hydrogen-bond acceptors (Lipinski definition) is 1. The number of aromatic nitrogens is 2. The van der Waals surface area contributed by atoms with Crippen molar-refractivity contribution in [3.8, 4) is 0 Å². The van der Waals surface area contributed by atoms with E-state index in [0.717, 1.165) is 5.65 Å². The maximum atomic E-state index is 4.38. The average molecular weight is 232 g/mol. The largest absolute Gasteiger partial charge is 0.347 e. The molecule has 0 atom stereocenters. The number of hydrogen-bond donors (Lipinski definition) is 1. The van der Waals surface area contributed by atoms with Gasteiger partial charge in [0.15, 0.2) is 0 Å². The minimum Gasteiger partial charge on any atom is -0.347 e. The Kier molecular flexibility index (Phi) is 3.14. The van der Waals surface area contributed by atoms with Gasteiger partial charge in [-0.15, -0.1) is 0 Å². The van der Waals surface area contributed by atoms with Crippen LogP contribution in [0.3, 0.4) is 0 Å². The second-order valence-electron chi connectivity index (χ2n) is 4.47. The van der Waals surface area contributed by atoms with Gasteiger partial charge in [0.1, 0.15) is 13.7 Å². The highest BCUT2D eigenvalue weighted by atomic mass is 28.3. The molecule has 0 saturated carbocycles. The summed E-state index contributed by atoms with van der Waals surface area (Å²) < 4.78 is 0. The lowest BCUT2D eigenvalue weighted by molar-refractivity contribution is 1.18. The van der Waals surface area contributed by atoms with Crippen molar-refractivity contribution >= 4 is 24.4 Å². The number of nitrogens with zero attached hydrogens (tertiary/aromatic N) is 1. The van der Waals surface area contributed by atoms with Crippen LogP contribution in [0.15, 0.2) is 24.4 Å². The van der Waals surface area contributed by atoms with Gasteiger partial charge in [0, 0.05) is 16.9 Å². The number of fused-ring (bicyclic) bond motifs is 1. The van der Waals surface area contributed by atoms with E-state index in [1.165, 1.54) is 28.8 Å². The Hall–Kier alpha value is -1.09. The molecule has 0 aliphatic heterocycles. The van der Waals surface area contributed by atoms with Crippen molar-refractivity contribution in [1.82, 2.24) is 9.97 Å². The summed E-state index contributed by atoms with van der Waals surface area (Å²) in [6, 6.07) is 10.4. The maximum absolute atomic E-state index is 4.38. The topological polar surface area (TPSA) is 28.7 Å². The molecule has 86 valence electrons. The van der Waals surface area contributed by atoms with Gasteiger partial charge in [0.05, 0.1) is 0 Å². The van der Waals surface area contributed by atoms with Crippen LogP contribution in [-0.4, -0.2) is 18.0 Å². The van der Waals surface area contributed by atoms with Crippen LogP contribution in [0.1, 0.15) is 20.8 Å². The molecule has 2 nitrogen and oxygen atoms in total. The first-order valence-electron chi connectivity index (χ1n) is 6.20. The van der Waals surface area contributed by atoms with E-state index < -0.39 is 8.07 Å². The van der Waals surface area contributed by atoms with Crippen molar-refractivity contribution < 1.29 is 0 Å². The Labute approximate surface area is 98.1 Å². The molecule has 0 aliphatic carbocycles. The molecule has 2 aromatic heterocycles. The lowest BCUT2D eigenvalue weighted by Crippen LogP contribution is -2.46. The van der Waals surface area contributed by atoms with Crippen molar-refractivity contribution in [2.24, 2.45) is 0 Å². The summed E-state index contributed by atoms with van der Waals surface area (Å²) in [6.07, 6.45) is 1.86. The molecule has 0 radical (unpaired) electrons. The van der Waals surface area contributed by atoms with Gasteiger partial charge < -0.3 is 4.98 Å². The van der Waals surface area contributed by atoms with Crippen LogP contribution in [0.4, 0.5) is 0 Å². The van der Waals surface area contributed by atoms with Crippen LogP contribution >= 0.6 is 0 Å². The molecule has 0 aromatic carbocycles. The van der Waals surface area contributed by atoms with E-state index in [1.54, 1.807) is 0 Å². The summed E-state index contributed by atoms with van der Waals surface area (Å²) in [5, 5.41) is 2.73. The van der Waals surface area contributed by atoms with Gasteiger partial charge in [0.2, 0.25) is 0 Å². The SMILES string of the molecule is CC[Si](CC)(CC)c1cc2cccnc2[nH]1. The molecule has 0 unspecified atom stereocenters. The highest BCUT2D eigenvalue weighted by Crippen LogP contribution is 2.21. The van der Waals surface area contributed by atoms with Gasteiger partial charge >= 0.3 is 0 Å². The molecule has 0 aliphatic rings. The van der Waals surface area contributed by atoms with Crippen molar-refractivity contribution in [3.05, 3.63) is 24.4 Å². The zero-order valence-electron chi connectivity index (χ0n) is 10.4. The smallest absolute Gasteiger partial charge is 0.137 e. The zero-order chi connectivity index (χ0) is 11.6. The molecule has 0 spiro atoms. The van der Waals surface area contributed by atoms with Crippen LogP contribution in [0.25, 0.3) is 11.0 Å². The monoisotopic (exact) mass is 232 g/mol. The maximum Gasteiger partial charge on any atom is 0.137 e. The first kappa shape index (κ1) is 11.4. The Morgan fingerprint density at radius 1 is 1.19 bits per heavy atom. The molecule has 2 aromatic rings. The van der Waals surface area contributed by atoms with Crippen LogP contribution in [0.2, 0.25) is 18.1 Å². The Balaban J connectivity index is 2.53. The summed E-state index contributed by atoms with van der Waals surface area (Å²) >= 11 is 0. The second-order valence-corrected chi connectivity index (χ2v) is 9.69. The molecule has 0 amide bonds. The van der Waals surface area contributed by atoms with Gasteiger partial charge in [-0.1, -0.05) is 38.9 Å². The Morgan fingerprint density at radius 2 is 1.88 bits per heavy atom. The number of H-pyrrole nitrogens is 1. The van der Waals surface area contributed by atoms with Gasteiger partial charge in [-0.05, 0) is 18.2 Å². The first-order chi connectivity index (χ1) is 7.75. The van der Waals surface area contributed by atoms with Crippen LogP contribution in [0, 0.1) is 0 Å². The molecule has 1 N–H and O–H groups in total. The van der Waals surface area contributed by atoms with E-state index in [0.29, 0.717) is 0 Å². The fraction of sp³-hybridized carbons (Fsp3) is 0.462. The predicted octanol–water partition coefficient (Wildman–Crippen LogP) is 3.28. The summed E-state index contributed by atoms with van der Waals surface area (Å²) in [5.74, 6) is 0. The quantitative estimate of drug-likeness (QED) is 0.805. The normalized spacial score (nSPS) is 12.2. The third-order valence-electron chi connectivity index (χ3n) is 3.99. The van der Waals surface area contributed by atoms with E-state index in [9.17, 15) is 0 Å². The van der Waals surface area contributed by atoms with E-state index in [1.807, 2.05) is 12.3 Å². The van der Waals surface area contributed by atoms with Crippen molar-refractivity contribution in [2.45, 2.75) is 38.9 Å². The summed E-state index contributed by atoms with van der Waals surface area (Å²) in [7, 11) is -1.27. The molecule has 3 heteroatoms. The molecule has 2 heterocycles. The highest BCUT2D eigenvalue weighted by molar-refractivity contribution is 6.91. The van der Waals surface area contributed by atoms with E-state index >= 15 is 0 Å². The lowest BCUT2D eigenvalue weighted by Gasteiger charge is -2.26. The van der Waals surface area contributed by atoms with Gasteiger partial charge in [-0.25, -0.2) is 4.98 Å². The minimum atomic E-state index is -1.27. The van der Waals surface area contributed by atoms with Crippen molar-refractivity contribution in [3.63, 3.8) is 0 Å². The minimum absolute atomic E-state index is 1.05. The molecular weight excluding hydrogens is 212 g/mol. The average Bonchev–Trinajstić information content (AvgIpc) is 2.76. The second kappa shape index (κ2) is 4.42. The van der Waals surface area contributed by atoms with Gasteiger partial charge in [0.25, 0.3) is 0 Å². The van der Waals surface area contributed by atoms with Crippen molar-refractivity contribution in [2.75, 3.05) is 0 Å². The zero-order valence-corrected chi connectivity index (χ0v) is 11.4. The fourth-order valence-electron chi connectivity index (χ4n) is 2.56. The third-order valence-corrected chi connectivity index (χ3v) is 9.47. The van der Waals surface area contributed by atoms with E-state index in [-0.39, 0.29) is 0 Å². The molecule has 0 saturated heterocycles. The van der Waals surface area contributed by atoms with E-state index in [2.05, 4.69) is 42.9 Å². The molecule has 0 fully saturated rings. The first-order valence-corrected chi connectivity index (χ1v) is 8.82. The highest BCUT2D eigenvalue weighted by Gasteiger charge is 2.30. The van der Waals surface area contributed by atoms with Gasteiger partial charge in [-0.3, -0.25) is 0 Å². The van der Waals surface area contributed by atoms with Gasteiger partial charge in [-0.2, -0.15) is 0 Å². The summed E-state index contributed by atoms with van der Waals surface area (Å²) in [4.78, 5) is 7.92. The fourth-order valence-corrected chi connectivity index (χ4v) is 6.05. The number of aromatic amines is 1. The number of pyridine rings is 1. The Bertz CT molecular complexity index is 430. The van der Waals surface area contributed by atoms with Crippen LogP contribution in [0.5, 0.6) is 0 Å². The van der Waals surface area contributed by atoms with E-state index in [4.69, 9.17) is 0 Å². The molecular formula is C13H20N2Si.